The van der Waals surface area contributed by atoms with Gasteiger partial charge in [-0.2, -0.15) is 0 Å². The Morgan fingerprint density at radius 1 is 1.26 bits per heavy atom. The monoisotopic (exact) mass is 268 g/mol. The van der Waals surface area contributed by atoms with Gasteiger partial charge in [0.05, 0.1) is 25.6 Å². The Kier molecular flexibility index (Phi) is 6.56. The number of allylic oxidation sites excluding steroid dienone is 1. The van der Waals surface area contributed by atoms with Gasteiger partial charge in [-0.1, -0.05) is 19.1 Å². The minimum Gasteiger partial charge on any atom is -0.459 e. The molecule has 2 atom stereocenters. The Morgan fingerprint density at radius 3 is 2.42 bits per heavy atom. The summed E-state index contributed by atoms with van der Waals surface area (Å²) in [7, 11) is 0. The smallest absolute Gasteiger partial charge is 0.313 e. The van der Waals surface area contributed by atoms with Crippen molar-refractivity contribution in [2.45, 2.75) is 40.5 Å². The highest BCUT2D eigenvalue weighted by Gasteiger charge is 2.27. The van der Waals surface area contributed by atoms with Crippen LogP contribution in [0.4, 0.5) is 0 Å². The molecule has 1 aliphatic carbocycles. The summed E-state index contributed by atoms with van der Waals surface area (Å²) in [5.74, 6) is 0.352. The summed E-state index contributed by atoms with van der Waals surface area (Å²) >= 11 is 0. The van der Waals surface area contributed by atoms with Crippen molar-refractivity contribution in [3.63, 3.8) is 0 Å². The van der Waals surface area contributed by atoms with Crippen molar-refractivity contribution in [3.8, 4) is 0 Å². The fourth-order valence-corrected chi connectivity index (χ4v) is 2.86. The van der Waals surface area contributed by atoms with Crippen molar-refractivity contribution in [2.24, 2.45) is 11.8 Å². The lowest BCUT2D eigenvalue weighted by Gasteiger charge is -2.35. The van der Waals surface area contributed by atoms with Crippen molar-refractivity contribution in [1.29, 1.82) is 0 Å². The number of nitrogens with zero attached hydrogens (tertiary/aromatic N) is 1. The van der Waals surface area contributed by atoms with E-state index in [4.69, 9.17) is 4.74 Å². The highest BCUT2D eigenvalue weighted by molar-refractivity contribution is 5.75. The van der Waals surface area contributed by atoms with Gasteiger partial charge >= 0.3 is 5.97 Å². The first-order valence-corrected chi connectivity index (χ1v) is 7.77. The number of carbonyl (C=O) groups is 1. The van der Waals surface area contributed by atoms with E-state index < -0.39 is 0 Å². The zero-order valence-corrected chi connectivity index (χ0v) is 13.0. The molecule has 0 N–H and O–H groups in total. The number of quaternary nitrogens is 1. The van der Waals surface area contributed by atoms with E-state index >= 15 is 0 Å². The summed E-state index contributed by atoms with van der Waals surface area (Å²) in [6, 6.07) is 0. The first kappa shape index (κ1) is 16.2. The van der Waals surface area contributed by atoms with E-state index in [1.165, 1.54) is 0 Å². The van der Waals surface area contributed by atoms with Gasteiger partial charge in [0.1, 0.15) is 13.2 Å². The summed E-state index contributed by atoms with van der Waals surface area (Å²) in [4.78, 5) is 12.1. The standard InChI is InChI=1S/C16H30NO2/c1-5-17(6-2,7-3)12-13-19-16(18)15-11-9-8-10-14(15)4/h9,11,14-15H,5-8,10,12-13H2,1-4H3/q+1. The minimum atomic E-state index is -0.0372. The summed E-state index contributed by atoms with van der Waals surface area (Å²) in [6.07, 6.45) is 6.32. The molecule has 110 valence electrons. The molecule has 0 spiro atoms. The predicted molar refractivity (Wildman–Crippen MR) is 78.7 cm³/mol. The number of ether oxygens (including phenoxy) is 1. The van der Waals surface area contributed by atoms with Gasteiger partial charge < -0.3 is 9.22 Å². The average molecular weight is 268 g/mol. The third-order valence-corrected chi connectivity index (χ3v) is 4.84. The molecule has 0 aromatic heterocycles. The Labute approximate surface area is 118 Å². The minimum absolute atomic E-state index is 0.0273. The number of carbonyl (C=O) groups excluding carboxylic acids is 1. The molecule has 0 saturated carbocycles. The number of hydrogen-bond donors (Lipinski definition) is 0. The molecular formula is C16H30NO2+. The molecule has 1 rings (SSSR count). The normalized spacial score (nSPS) is 23.4. The fourth-order valence-electron chi connectivity index (χ4n) is 2.86. The number of hydrogen-bond acceptors (Lipinski definition) is 2. The predicted octanol–water partition coefficient (Wildman–Crippen LogP) is 3.01. The second-order valence-electron chi connectivity index (χ2n) is 5.69. The summed E-state index contributed by atoms with van der Waals surface area (Å²) in [5, 5.41) is 0. The second-order valence-corrected chi connectivity index (χ2v) is 5.69. The van der Waals surface area contributed by atoms with E-state index in [1.807, 2.05) is 6.08 Å². The maximum Gasteiger partial charge on any atom is 0.313 e. The average Bonchev–Trinajstić information content (AvgIpc) is 2.44. The van der Waals surface area contributed by atoms with Gasteiger partial charge in [0.2, 0.25) is 0 Å². The largest absolute Gasteiger partial charge is 0.459 e. The van der Waals surface area contributed by atoms with Crippen LogP contribution < -0.4 is 0 Å². The van der Waals surface area contributed by atoms with Crippen LogP contribution in [-0.2, 0) is 9.53 Å². The molecule has 0 heterocycles. The van der Waals surface area contributed by atoms with Crippen LogP contribution in [0, 0.1) is 11.8 Å². The lowest BCUT2D eigenvalue weighted by atomic mass is 9.85. The molecule has 2 unspecified atom stereocenters. The van der Waals surface area contributed by atoms with Gasteiger partial charge in [0.25, 0.3) is 0 Å². The maximum atomic E-state index is 12.1. The molecule has 1 aliphatic rings. The van der Waals surface area contributed by atoms with Crippen LogP contribution in [-0.4, -0.2) is 43.2 Å². The van der Waals surface area contributed by atoms with Crippen LogP contribution >= 0.6 is 0 Å². The molecule has 19 heavy (non-hydrogen) atoms. The third kappa shape index (κ3) is 4.34. The highest BCUT2D eigenvalue weighted by Crippen LogP contribution is 2.25. The topological polar surface area (TPSA) is 26.3 Å². The number of rotatable bonds is 7. The van der Waals surface area contributed by atoms with Gasteiger partial charge in [-0.3, -0.25) is 4.79 Å². The Bertz CT molecular complexity index is 300. The van der Waals surface area contributed by atoms with E-state index in [9.17, 15) is 4.79 Å². The van der Waals surface area contributed by atoms with E-state index in [0.717, 1.165) is 43.5 Å². The molecule has 0 aromatic rings. The fraction of sp³-hybridized carbons (Fsp3) is 0.812. The molecule has 0 aliphatic heterocycles. The van der Waals surface area contributed by atoms with E-state index in [1.54, 1.807) is 0 Å². The van der Waals surface area contributed by atoms with Gasteiger partial charge in [-0.15, -0.1) is 0 Å². The van der Waals surface area contributed by atoms with E-state index in [0.29, 0.717) is 12.5 Å². The van der Waals surface area contributed by atoms with Crippen molar-refractivity contribution < 1.29 is 14.0 Å². The lowest BCUT2D eigenvalue weighted by Crippen LogP contribution is -2.49. The lowest BCUT2D eigenvalue weighted by molar-refractivity contribution is -0.923. The quantitative estimate of drug-likeness (QED) is 0.403. The first-order chi connectivity index (χ1) is 9.08. The van der Waals surface area contributed by atoms with Gasteiger partial charge in [0.15, 0.2) is 0 Å². The molecule has 0 saturated heterocycles. The van der Waals surface area contributed by atoms with Gasteiger partial charge in [-0.25, -0.2) is 0 Å². The van der Waals surface area contributed by atoms with Crippen LogP contribution in [0.25, 0.3) is 0 Å². The summed E-state index contributed by atoms with van der Waals surface area (Å²) < 4.78 is 6.54. The molecule has 0 aromatic carbocycles. The Hall–Kier alpha value is -0.830. The molecule has 3 nitrogen and oxygen atoms in total. The zero-order chi connectivity index (χ0) is 14.3. The first-order valence-electron chi connectivity index (χ1n) is 7.77. The number of esters is 1. The van der Waals surface area contributed by atoms with Crippen molar-refractivity contribution >= 4 is 5.97 Å². The van der Waals surface area contributed by atoms with E-state index in [2.05, 4.69) is 33.8 Å². The Morgan fingerprint density at radius 2 is 1.89 bits per heavy atom. The van der Waals surface area contributed by atoms with Gasteiger partial charge in [0, 0.05) is 0 Å². The van der Waals surface area contributed by atoms with Crippen LogP contribution in [0.5, 0.6) is 0 Å². The second kappa shape index (κ2) is 7.68. The highest BCUT2D eigenvalue weighted by atomic mass is 16.5. The third-order valence-electron chi connectivity index (χ3n) is 4.84. The van der Waals surface area contributed by atoms with Gasteiger partial charge in [-0.05, 0) is 39.5 Å². The Balaban J connectivity index is 2.42. The van der Waals surface area contributed by atoms with Crippen molar-refractivity contribution in [2.75, 3.05) is 32.8 Å². The van der Waals surface area contributed by atoms with Crippen molar-refractivity contribution in [3.05, 3.63) is 12.2 Å². The summed E-state index contributed by atoms with van der Waals surface area (Å²) in [6.45, 7) is 13.5. The number of likely N-dealkylation sites (N-methyl/N-ethyl adjacent to an activating group) is 1. The molecular weight excluding hydrogens is 238 g/mol. The molecule has 0 amide bonds. The molecule has 0 fully saturated rings. The van der Waals surface area contributed by atoms with Crippen LogP contribution in [0.2, 0.25) is 0 Å². The molecule has 0 bridgehead atoms. The van der Waals surface area contributed by atoms with Crippen LogP contribution in [0.3, 0.4) is 0 Å². The maximum absolute atomic E-state index is 12.1. The summed E-state index contributed by atoms with van der Waals surface area (Å²) in [5.41, 5.74) is 0. The SMILES string of the molecule is CC[N+](CC)(CC)CCOC(=O)C1C=CCCC1C. The van der Waals surface area contributed by atoms with Crippen molar-refractivity contribution in [1.82, 2.24) is 0 Å². The molecule has 0 radical (unpaired) electrons. The zero-order valence-electron chi connectivity index (χ0n) is 13.0. The molecule has 3 heteroatoms. The van der Waals surface area contributed by atoms with Crippen LogP contribution in [0.1, 0.15) is 40.5 Å². The van der Waals surface area contributed by atoms with E-state index in [-0.39, 0.29) is 11.9 Å². The van der Waals surface area contributed by atoms with Crippen LogP contribution in [0.15, 0.2) is 12.2 Å².